The molecule has 2 aromatic heterocycles. The Morgan fingerprint density at radius 3 is 2.66 bits per heavy atom. The molecule has 152 valence electrons. The third kappa shape index (κ3) is 4.40. The fraction of sp³-hybridized carbons (Fsp3) is 0.350. The number of rotatable bonds is 6. The van der Waals surface area contributed by atoms with Gasteiger partial charge < -0.3 is 10.1 Å². The molecule has 9 heteroatoms. The van der Waals surface area contributed by atoms with Crippen molar-refractivity contribution in [3.8, 4) is 0 Å². The summed E-state index contributed by atoms with van der Waals surface area (Å²) in [5, 5.41) is 7.98. The quantitative estimate of drug-likeness (QED) is 0.490. The van der Waals surface area contributed by atoms with Gasteiger partial charge in [-0.15, -0.1) is 5.10 Å². The van der Waals surface area contributed by atoms with E-state index < -0.39 is 5.97 Å². The van der Waals surface area contributed by atoms with Crippen LogP contribution < -0.4 is 5.32 Å². The zero-order valence-corrected chi connectivity index (χ0v) is 17.9. The summed E-state index contributed by atoms with van der Waals surface area (Å²) < 4.78 is 6.46. The van der Waals surface area contributed by atoms with Crippen LogP contribution >= 0.6 is 11.8 Å². The monoisotopic (exact) mass is 413 g/mol. The van der Waals surface area contributed by atoms with Gasteiger partial charge >= 0.3 is 5.97 Å². The van der Waals surface area contributed by atoms with Crippen LogP contribution in [0.2, 0.25) is 0 Å². The number of aryl methyl sites for hydroxylation is 3. The van der Waals surface area contributed by atoms with Crippen molar-refractivity contribution in [1.82, 2.24) is 19.6 Å². The van der Waals surface area contributed by atoms with Crippen LogP contribution in [0.4, 0.5) is 5.69 Å². The lowest BCUT2D eigenvalue weighted by atomic mass is 10.1. The van der Waals surface area contributed by atoms with Crippen LogP contribution in [0, 0.1) is 20.8 Å². The first-order chi connectivity index (χ1) is 13.8. The number of ether oxygens (including phenoxy) is 1. The predicted molar refractivity (Wildman–Crippen MR) is 112 cm³/mol. The molecule has 1 amide bonds. The standard InChI is InChI=1S/C20H23N5O3S/c1-11-6-7-14(18(27)28-4)10-16(11)22-17(26)9-8-15-12(2)21-19-23-20(29-5)24-25(19)13(15)3/h6-7,10H,8-9H2,1-5H3,(H,22,26). The molecule has 0 aliphatic carbocycles. The number of nitrogens with zero attached hydrogens (tertiary/aromatic N) is 4. The highest BCUT2D eigenvalue weighted by molar-refractivity contribution is 7.98. The van der Waals surface area contributed by atoms with Crippen molar-refractivity contribution in [3.63, 3.8) is 0 Å². The Balaban J connectivity index is 1.75. The van der Waals surface area contributed by atoms with Crippen LogP contribution in [0.25, 0.3) is 5.78 Å². The van der Waals surface area contributed by atoms with Crippen molar-refractivity contribution < 1.29 is 14.3 Å². The van der Waals surface area contributed by atoms with Crippen molar-refractivity contribution in [3.05, 3.63) is 46.3 Å². The number of methoxy groups -OCH3 is 1. The first kappa shape index (κ1) is 20.8. The number of benzene rings is 1. The second-order valence-corrected chi connectivity index (χ2v) is 7.41. The molecule has 0 spiro atoms. The van der Waals surface area contributed by atoms with Crippen molar-refractivity contribution in [2.45, 2.75) is 38.8 Å². The summed E-state index contributed by atoms with van der Waals surface area (Å²) in [7, 11) is 1.33. The van der Waals surface area contributed by atoms with E-state index in [1.165, 1.54) is 18.9 Å². The third-order valence-corrected chi connectivity index (χ3v) is 5.28. The highest BCUT2D eigenvalue weighted by Crippen LogP contribution is 2.20. The molecule has 0 saturated carbocycles. The van der Waals surface area contributed by atoms with Gasteiger partial charge in [0.05, 0.1) is 12.7 Å². The summed E-state index contributed by atoms with van der Waals surface area (Å²) in [5.74, 6) is -0.0197. The number of hydrogen-bond donors (Lipinski definition) is 1. The largest absolute Gasteiger partial charge is 0.465 e. The van der Waals surface area contributed by atoms with Gasteiger partial charge in [-0.3, -0.25) is 4.79 Å². The topological polar surface area (TPSA) is 98.5 Å². The highest BCUT2D eigenvalue weighted by atomic mass is 32.2. The van der Waals surface area contributed by atoms with Crippen molar-refractivity contribution in [2.24, 2.45) is 0 Å². The molecule has 0 aliphatic heterocycles. The lowest BCUT2D eigenvalue weighted by Gasteiger charge is -2.12. The minimum atomic E-state index is -0.441. The number of carbonyl (C=O) groups is 2. The Kier molecular flexibility index (Phi) is 6.17. The third-order valence-electron chi connectivity index (χ3n) is 4.75. The Hall–Kier alpha value is -2.94. The van der Waals surface area contributed by atoms with Crippen LogP contribution in [0.3, 0.4) is 0 Å². The van der Waals surface area contributed by atoms with E-state index in [0.29, 0.717) is 28.6 Å². The average Bonchev–Trinajstić information content (AvgIpc) is 3.12. The molecule has 8 nitrogen and oxygen atoms in total. The summed E-state index contributed by atoms with van der Waals surface area (Å²) in [6.07, 6.45) is 2.72. The fourth-order valence-corrected chi connectivity index (χ4v) is 3.43. The summed E-state index contributed by atoms with van der Waals surface area (Å²) >= 11 is 1.46. The highest BCUT2D eigenvalue weighted by Gasteiger charge is 2.15. The summed E-state index contributed by atoms with van der Waals surface area (Å²) in [6, 6.07) is 5.08. The van der Waals surface area contributed by atoms with Gasteiger partial charge in [0.15, 0.2) is 0 Å². The molecular formula is C20H23N5O3S. The maximum atomic E-state index is 12.5. The minimum Gasteiger partial charge on any atom is -0.465 e. The van der Waals surface area contributed by atoms with Crippen molar-refractivity contribution in [1.29, 1.82) is 0 Å². The van der Waals surface area contributed by atoms with E-state index in [-0.39, 0.29) is 12.3 Å². The smallest absolute Gasteiger partial charge is 0.337 e. The minimum absolute atomic E-state index is 0.141. The molecule has 3 rings (SSSR count). The molecule has 0 aliphatic rings. The molecular weight excluding hydrogens is 390 g/mol. The van der Waals surface area contributed by atoms with Gasteiger partial charge in [-0.05, 0) is 56.7 Å². The van der Waals surface area contributed by atoms with E-state index in [4.69, 9.17) is 4.74 Å². The number of carbonyl (C=O) groups excluding carboxylic acids is 2. The van der Waals surface area contributed by atoms with E-state index in [2.05, 4.69) is 20.4 Å². The zero-order valence-electron chi connectivity index (χ0n) is 17.1. The SMILES string of the molecule is COC(=O)c1ccc(C)c(NC(=O)CCc2c(C)nc3nc(SC)nn3c2C)c1. The van der Waals surface area contributed by atoms with E-state index in [1.54, 1.807) is 22.7 Å². The van der Waals surface area contributed by atoms with Gasteiger partial charge in [0.1, 0.15) is 0 Å². The maximum Gasteiger partial charge on any atom is 0.337 e. The summed E-state index contributed by atoms with van der Waals surface area (Å²) in [5.41, 5.74) is 4.61. The number of fused-ring (bicyclic) bond motifs is 1. The molecule has 29 heavy (non-hydrogen) atoms. The molecule has 0 atom stereocenters. The van der Waals surface area contributed by atoms with Crippen molar-refractivity contribution in [2.75, 3.05) is 18.7 Å². The van der Waals surface area contributed by atoms with Gasteiger partial charge in [0.25, 0.3) is 5.78 Å². The Bertz CT molecular complexity index is 1090. The maximum absolute atomic E-state index is 12.5. The Morgan fingerprint density at radius 2 is 1.97 bits per heavy atom. The lowest BCUT2D eigenvalue weighted by molar-refractivity contribution is -0.116. The Morgan fingerprint density at radius 1 is 1.21 bits per heavy atom. The fourth-order valence-electron chi connectivity index (χ4n) is 3.09. The van der Waals surface area contributed by atoms with Crippen LogP contribution in [0.1, 0.15) is 39.3 Å². The first-order valence-corrected chi connectivity index (χ1v) is 10.3. The normalized spacial score (nSPS) is 10.9. The molecule has 0 saturated heterocycles. The van der Waals surface area contributed by atoms with E-state index >= 15 is 0 Å². The lowest BCUT2D eigenvalue weighted by Crippen LogP contribution is -2.15. The number of thioether (sulfide) groups is 1. The molecule has 0 bridgehead atoms. The number of nitrogens with one attached hydrogen (secondary N) is 1. The van der Waals surface area contributed by atoms with E-state index in [1.807, 2.05) is 27.0 Å². The second kappa shape index (κ2) is 8.60. The van der Waals surface area contributed by atoms with Gasteiger partial charge in [-0.2, -0.15) is 4.98 Å². The van der Waals surface area contributed by atoms with Gasteiger partial charge in [0.2, 0.25) is 11.1 Å². The molecule has 1 aromatic carbocycles. The zero-order chi connectivity index (χ0) is 21.1. The Labute approximate surface area is 173 Å². The predicted octanol–water partition coefficient (Wildman–Crippen LogP) is 3.13. The first-order valence-electron chi connectivity index (χ1n) is 9.09. The molecule has 0 unspecified atom stereocenters. The van der Waals surface area contributed by atoms with Crippen LogP contribution in [0.15, 0.2) is 23.4 Å². The van der Waals surface area contributed by atoms with Crippen LogP contribution in [-0.2, 0) is 16.0 Å². The second-order valence-electron chi connectivity index (χ2n) is 6.64. The average molecular weight is 414 g/mol. The van der Waals surface area contributed by atoms with Gasteiger partial charge in [0, 0.05) is 23.5 Å². The number of anilines is 1. The molecule has 0 fully saturated rings. The molecule has 0 radical (unpaired) electrons. The number of amides is 1. The molecule has 3 aromatic rings. The van der Waals surface area contributed by atoms with Crippen molar-refractivity contribution >= 4 is 35.1 Å². The number of aromatic nitrogens is 4. The summed E-state index contributed by atoms with van der Waals surface area (Å²) in [6.45, 7) is 5.74. The molecule has 1 N–H and O–H groups in total. The molecule has 2 heterocycles. The number of esters is 1. The van der Waals surface area contributed by atoms with Crippen LogP contribution in [0.5, 0.6) is 0 Å². The van der Waals surface area contributed by atoms with Crippen LogP contribution in [-0.4, -0.2) is 44.8 Å². The van der Waals surface area contributed by atoms with Gasteiger partial charge in [-0.25, -0.2) is 14.3 Å². The number of hydrogen-bond acceptors (Lipinski definition) is 7. The van der Waals surface area contributed by atoms with E-state index in [9.17, 15) is 9.59 Å². The summed E-state index contributed by atoms with van der Waals surface area (Å²) in [4.78, 5) is 33.1. The van der Waals surface area contributed by atoms with Gasteiger partial charge in [-0.1, -0.05) is 17.8 Å². The van der Waals surface area contributed by atoms with E-state index in [0.717, 1.165) is 22.5 Å².